The molecule has 6 heteroatoms. The minimum atomic E-state index is -1.08. The van der Waals surface area contributed by atoms with Gasteiger partial charge in [0.1, 0.15) is 6.61 Å². The predicted molar refractivity (Wildman–Crippen MR) is 93.9 cm³/mol. The molecule has 4 N–H and O–H groups in total. The van der Waals surface area contributed by atoms with Gasteiger partial charge in [-0.3, -0.25) is 0 Å². The van der Waals surface area contributed by atoms with E-state index in [1.165, 1.54) is 6.07 Å². The highest BCUT2D eigenvalue weighted by Gasteiger charge is 2.08. The molecule has 2 rings (SSSR count). The fourth-order valence-electron chi connectivity index (χ4n) is 2.01. The number of alkyl carbamates (subject to hydrolysis) is 1. The monoisotopic (exact) mass is 338 g/mol. The van der Waals surface area contributed by atoms with E-state index >= 15 is 0 Å². The number of carboxylic acid groups (broad SMARTS) is 1. The molecule has 0 aliphatic heterocycles. The summed E-state index contributed by atoms with van der Waals surface area (Å²) in [7, 11) is 0. The molecule has 2 aromatic rings. The average molecular weight is 338 g/mol. The Hall–Kier alpha value is -3.46. The van der Waals surface area contributed by atoms with E-state index in [0.717, 1.165) is 5.56 Å². The Labute approximate surface area is 145 Å². The van der Waals surface area contributed by atoms with Crippen LogP contribution in [-0.4, -0.2) is 23.7 Å². The summed E-state index contributed by atoms with van der Waals surface area (Å²) in [6, 6.07) is 13.9. The standard InChI is InChI=1S/C19H18N2O4/c20-16-10-9-15(17(12-16)18(22)23)8-4-5-11-21-19(24)25-13-14-6-2-1-3-7-14/h1-3,6-7,9-10,12H,5,11,13,20H2,(H,21,24)(H,22,23). The quantitative estimate of drug-likeness (QED) is 0.442. The van der Waals surface area contributed by atoms with Crippen LogP contribution in [-0.2, 0) is 11.3 Å². The van der Waals surface area contributed by atoms with Crippen LogP contribution < -0.4 is 11.1 Å². The number of carboxylic acids is 1. The average Bonchev–Trinajstić information content (AvgIpc) is 2.61. The van der Waals surface area contributed by atoms with Crippen LogP contribution >= 0.6 is 0 Å². The number of carbonyl (C=O) groups excluding carboxylic acids is 1. The second-order valence-electron chi connectivity index (χ2n) is 5.15. The van der Waals surface area contributed by atoms with E-state index in [0.29, 0.717) is 24.2 Å². The smallest absolute Gasteiger partial charge is 0.407 e. The van der Waals surface area contributed by atoms with Crippen molar-refractivity contribution in [2.45, 2.75) is 13.0 Å². The molecule has 0 fully saturated rings. The first-order valence-electron chi connectivity index (χ1n) is 7.62. The van der Waals surface area contributed by atoms with Gasteiger partial charge in [-0.1, -0.05) is 42.2 Å². The minimum absolute atomic E-state index is 0.0581. The van der Waals surface area contributed by atoms with Crippen molar-refractivity contribution in [3.05, 3.63) is 65.2 Å². The van der Waals surface area contributed by atoms with Crippen LogP contribution in [0.3, 0.4) is 0 Å². The van der Waals surface area contributed by atoms with E-state index in [-0.39, 0.29) is 12.2 Å². The van der Waals surface area contributed by atoms with Gasteiger partial charge in [0, 0.05) is 24.2 Å². The van der Waals surface area contributed by atoms with E-state index in [2.05, 4.69) is 17.2 Å². The summed E-state index contributed by atoms with van der Waals surface area (Å²) in [6.07, 6.45) is -0.159. The summed E-state index contributed by atoms with van der Waals surface area (Å²) in [5.74, 6) is 4.51. The summed E-state index contributed by atoms with van der Waals surface area (Å²) >= 11 is 0. The van der Waals surface area contributed by atoms with Gasteiger partial charge in [-0.2, -0.15) is 0 Å². The number of ether oxygens (including phenoxy) is 1. The van der Waals surface area contributed by atoms with Crippen molar-refractivity contribution in [3.63, 3.8) is 0 Å². The molecule has 2 aromatic carbocycles. The first-order chi connectivity index (χ1) is 12.1. The third kappa shape index (κ3) is 5.92. The lowest BCUT2D eigenvalue weighted by Crippen LogP contribution is -2.24. The van der Waals surface area contributed by atoms with Crippen molar-refractivity contribution in [2.24, 2.45) is 0 Å². The molecule has 0 spiro atoms. The Kier molecular flexibility index (Phi) is 6.43. The summed E-state index contributed by atoms with van der Waals surface area (Å²) in [4.78, 5) is 22.7. The van der Waals surface area contributed by atoms with Gasteiger partial charge in [-0.25, -0.2) is 9.59 Å². The van der Waals surface area contributed by atoms with Crippen molar-refractivity contribution in [1.82, 2.24) is 5.32 Å². The van der Waals surface area contributed by atoms with Gasteiger partial charge in [0.25, 0.3) is 0 Å². The molecule has 0 saturated carbocycles. The molecule has 0 aliphatic rings. The maximum absolute atomic E-state index is 11.6. The second kappa shape index (κ2) is 8.99. The fraction of sp³-hybridized carbons (Fsp3) is 0.158. The Balaban J connectivity index is 1.77. The van der Waals surface area contributed by atoms with Crippen LogP contribution in [0.25, 0.3) is 0 Å². The highest BCUT2D eigenvalue weighted by atomic mass is 16.5. The molecule has 0 aromatic heterocycles. The van der Waals surface area contributed by atoms with Crippen LogP contribution in [0, 0.1) is 11.8 Å². The molecule has 0 atom stereocenters. The molecule has 128 valence electrons. The Morgan fingerprint density at radius 2 is 1.92 bits per heavy atom. The molecule has 0 radical (unpaired) electrons. The Morgan fingerprint density at radius 1 is 1.16 bits per heavy atom. The van der Waals surface area contributed by atoms with Gasteiger partial charge in [-0.05, 0) is 23.8 Å². The van der Waals surface area contributed by atoms with Crippen LogP contribution in [0.15, 0.2) is 48.5 Å². The molecule has 0 aliphatic carbocycles. The highest BCUT2D eigenvalue weighted by Crippen LogP contribution is 2.12. The lowest BCUT2D eigenvalue weighted by molar-refractivity contribution is 0.0696. The number of nitrogens with two attached hydrogens (primary N) is 1. The zero-order valence-corrected chi connectivity index (χ0v) is 13.5. The van der Waals surface area contributed by atoms with Crippen molar-refractivity contribution in [3.8, 4) is 11.8 Å². The number of amides is 1. The molecular formula is C19H18N2O4. The molecule has 0 heterocycles. The van der Waals surface area contributed by atoms with Crippen LogP contribution in [0.2, 0.25) is 0 Å². The lowest BCUT2D eigenvalue weighted by Gasteiger charge is -2.05. The van der Waals surface area contributed by atoms with E-state index in [1.807, 2.05) is 30.3 Å². The highest BCUT2D eigenvalue weighted by molar-refractivity contribution is 5.91. The number of nitrogen functional groups attached to an aromatic ring is 1. The van der Waals surface area contributed by atoms with Crippen molar-refractivity contribution >= 4 is 17.7 Å². The Bertz CT molecular complexity index is 807. The number of nitrogens with one attached hydrogen (secondary N) is 1. The van der Waals surface area contributed by atoms with E-state index < -0.39 is 12.1 Å². The fourth-order valence-corrected chi connectivity index (χ4v) is 2.01. The van der Waals surface area contributed by atoms with E-state index in [4.69, 9.17) is 15.6 Å². The predicted octanol–water partition coefficient (Wildman–Crippen LogP) is 2.64. The minimum Gasteiger partial charge on any atom is -0.478 e. The first kappa shape index (κ1) is 17.9. The van der Waals surface area contributed by atoms with Gasteiger partial charge in [-0.15, -0.1) is 0 Å². The molecule has 0 saturated heterocycles. The number of rotatable bonds is 5. The second-order valence-corrected chi connectivity index (χ2v) is 5.15. The SMILES string of the molecule is Nc1ccc(C#CCCNC(=O)OCc2ccccc2)c(C(=O)O)c1. The van der Waals surface area contributed by atoms with Crippen LogP contribution in [0.5, 0.6) is 0 Å². The summed E-state index contributed by atoms with van der Waals surface area (Å²) < 4.78 is 5.07. The van der Waals surface area contributed by atoms with Crippen molar-refractivity contribution in [1.29, 1.82) is 0 Å². The normalized spacial score (nSPS) is 9.60. The van der Waals surface area contributed by atoms with E-state index in [1.54, 1.807) is 12.1 Å². The van der Waals surface area contributed by atoms with E-state index in [9.17, 15) is 9.59 Å². The zero-order valence-electron chi connectivity index (χ0n) is 13.5. The third-order valence-electron chi connectivity index (χ3n) is 3.23. The van der Waals surface area contributed by atoms with Crippen LogP contribution in [0.1, 0.15) is 27.9 Å². The molecule has 6 nitrogen and oxygen atoms in total. The molecule has 1 amide bonds. The summed E-state index contributed by atoms with van der Waals surface area (Å²) in [5, 5.41) is 11.7. The number of aromatic carboxylic acids is 1. The van der Waals surface area contributed by atoms with Gasteiger partial charge < -0.3 is 20.9 Å². The molecule has 0 unspecified atom stereocenters. The number of hydrogen-bond acceptors (Lipinski definition) is 4. The summed E-state index contributed by atoms with van der Waals surface area (Å²) in [5.41, 5.74) is 7.28. The molecular weight excluding hydrogens is 320 g/mol. The van der Waals surface area contributed by atoms with Crippen molar-refractivity contribution in [2.75, 3.05) is 12.3 Å². The summed E-state index contributed by atoms with van der Waals surface area (Å²) in [6.45, 7) is 0.504. The van der Waals surface area contributed by atoms with Gasteiger partial charge in [0.05, 0.1) is 5.56 Å². The molecule has 25 heavy (non-hydrogen) atoms. The first-order valence-corrected chi connectivity index (χ1v) is 7.62. The third-order valence-corrected chi connectivity index (χ3v) is 3.23. The van der Waals surface area contributed by atoms with Crippen molar-refractivity contribution < 1.29 is 19.4 Å². The number of carbonyl (C=O) groups is 2. The maximum atomic E-state index is 11.6. The maximum Gasteiger partial charge on any atom is 0.407 e. The number of anilines is 1. The number of benzene rings is 2. The van der Waals surface area contributed by atoms with Crippen LogP contribution in [0.4, 0.5) is 10.5 Å². The molecule has 0 bridgehead atoms. The van der Waals surface area contributed by atoms with Gasteiger partial charge in [0.2, 0.25) is 0 Å². The largest absolute Gasteiger partial charge is 0.478 e. The Morgan fingerprint density at radius 3 is 2.64 bits per heavy atom. The number of hydrogen-bond donors (Lipinski definition) is 3. The lowest BCUT2D eigenvalue weighted by atomic mass is 10.1. The topological polar surface area (TPSA) is 102 Å². The van der Waals surface area contributed by atoms with Gasteiger partial charge in [0.15, 0.2) is 0 Å². The zero-order chi connectivity index (χ0) is 18.1. The van der Waals surface area contributed by atoms with Gasteiger partial charge >= 0.3 is 12.1 Å².